The molecule has 1 atom stereocenters. The molecule has 0 aliphatic rings. The van der Waals surface area contributed by atoms with Crippen LogP contribution >= 0.6 is 22.5 Å². The zero-order valence-corrected chi connectivity index (χ0v) is 21.3. The van der Waals surface area contributed by atoms with Crippen LogP contribution in [0.2, 0.25) is 0 Å². The van der Waals surface area contributed by atoms with Gasteiger partial charge in [-0.2, -0.15) is 0 Å². The second kappa shape index (κ2) is 12.7. The van der Waals surface area contributed by atoms with Crippen LogP contribution in [0.4, 0.5) is 13.2 Å². The van der Waals surface area contributed by atoms with Crippen LogP contribution in [0.3, 0.4) is 0 Å². The van der Waals surface area contributed by atoms with Crippen LogP contribution in [0.1, 0.15) is 32.3 Å². The number of halogens is 3. The lowest BCUT2D eigenvalue weighted by Gasteiger charge is -2.44. The van der Waals surface area contributed by atoms with Gasteiger partial charge >= 0.3 is 12.3 Å². The van der Waals surface area contributed by atoms with Crippen molar-refractivity contribution in [1.29, 1.82) is 0 Å². The number of nitrogens with zero attached hydrogens (tertiary/aromatic N) is 1. The van der Waals surface area contributed by atoms with Crippen LogP contribution < -0.4 is 9.47 Å². The van der Waals surface area contributed by atoms with Crippen LogP contribution in [-0.2, 0) is 4.79 Å². The van der Waals surface area contributed by atoms with E-state index in [1.807, 2.05) is 32.9 Å². The zero-order chi connectivity index (χ0) is 26.2. The second-order valence-corrected chi connectivity index (χ2v) is 11.1. The first-order valence-corrected chi connectivity index (χ1v) is 13.2. The van der Waals surface area contributed by atoms with Gasteiger partial charge in [0.25, 0.3) is 0 Å². The highest BCUT2D eigenvalue weighted by molar-refractivity contribution is 8.22. The summed E-state index contributed by atoms with van der Waals surface area (Å²) in [5.74, 6) is -1.03. The van der Waals surface area contributed by atoms with E-state index in [2.05, 4.69) is 4.74 Å². The molecule has 12 heteroatoms. The molecule has 0 aliphatic heterocycles. The summed E-state index contributed by atoms with van der Waals surface area (Å²) in [6.07, 6.45) is -3.47. The smallest absolute Gasteiger partial charge is 0.482 e. The van der Waals surface area contributed by atoms with E-state index in [9.17, 15) is 27.1 Å². The van der Waals surface area contributed by atoms with Crippen LogP contribution in [0, 0.1) is 6.92 Å². The largest absolute Gasteiger partial charge is 0.573 e. The van der Waals surface area contributed by atoms with Crippen molar-refractivity contribution < 1.29 is 41.7 Å². The Bertz CT molecular complexity index is 973. The quantitative estimate of drug-likeness (QED) is 0.244. The van der Waals surface area contributed by atoms with E-state index in [1.165, 1.54) is 12.1 Å². The average Bonchev–Trinajstić information content (AvgIpc) is 2.76. The minimum absolute atomic E-state index is 0.0225. The van der Waals surface area contributed by atoms with Crippen LogP contribution in [0.15, 0.2) is 52.3 Å². The molecule has 0 radical (unpaired) electrons. The highest BCUT2D eigenvalue weighted by Crippen LogP contribution is 2.52. The van der Waals surface area contributed by atoms with Crippen molar-refractivity contribution >= 4 is 28.5 Å². The van der Waals surface area contributed by atoms with Gasteiger partial charge in [0.1, 0.15) is 11.5 Å². The summed E-state index contributed by atoms with van der Waals surface area (Å²) in [5.41, 5.74) is 0.780. The van der Waals surface area contributed by atoms with Gasteiger partial charge in [-0.3, -0.25) is 9.11 Å². The Kier molecular flexibility index (Phi) is 10.6. The molecule has 0 bridgehead atoms. The van der Waals surface area contributed by atoms with Gasteiger partial charge < -0.3 is 14.6 Å². The fraction of sp³-hybridized carbons (Fsp3) is 0.435. The van der Waals surface area contributed by atoms with Crippen LogP contribution in [-0.4, -0.2) is 55.8 Å². The third-order valence-electron chi connectivity index (χ3n) is 4.87. The number of aryl methyl sites for hydroxylation is 1. The molecule has 0 fully saturated rings. The van der Waals surface area contributed by atoms with E-state index in [0.29, 0.717) is 25.3 Å². The zero-order valence-electron chi connectivity index (χ0n) is 19.6. The third-order valence-corrected chi connectivity index (χ3v) is 8.17. The number of hydrogen-bond donors (Lipinski definition) is 3. The summed E-state index contributed by atoms with van der Waals surface area (Å²) >= 11 is 1.54. The van der Waals surface area contributed by atoms with Crippen molar-refractivity contribution in [2.75, 3.05) is 19.7 Å². The Morgan fingerprint density at radius 3 is 2.31 bits per heavy atom. The first-order chi connectivity index (χ1) is 16.4. The molecule has 2 aromatic carbocycles. The number of alkyl halides is 3. The molecule has 0 saturated heterocycles. The molecule has 2 aromatic rings. The molecule has 0 unspecified atom stereocenters. The van der Waals surface area contributed by atoms with Crippen molar-refractivity contribution in [1.82, 2.24) is 4.31 Å². The number of hydrogen-bond acceptors (Lipinski definition) is 7. The molecule has 196 valence electrons. The Morgan fingerprint density at radius 2 is 1.80 bits per heavy atom. The number of rotatable bonds is 13. The van der Waals surface area contributed by atoms with E-state index in [0.717, 1.165) is 29.0 Å². The maximum Gasteiger partial charge on any atom is 0.573 e. The molecule has 2 rings (SSSR count). The number of carboxylic acid groups (broad SMARTS) is 1. The molecule has 0 spiro atoms. The minimum atomic E-state index is -4.83. The number of benzene rings is 2. The molecule has 0 aromatic heterocycles. The highest BCUT2D eigenvalue weighted by Gasteiger charge is 2.32. The third kappa shape index (κ3) is 9.12. The fourth-order valence-corrected chi connectivity index (χ4v) is 6.13. The lowest BCUT2D eigenvalue weighted by Crippen LogP contribution is -2.34. The topological polar surface area (TPSA) is 99.5 Å². The Hall–Kier alpha value is -2.12. The predicted molar refractivity (Wildman–Crippen MR) is 130 cm³/mol. The van der Waals surface area contributed by atoms with Gasteiger partial charge in [0, 0.05) is 23.2 Å². The molecule has 0 aliphatic carbocycles. The first-order valence-electron chi connectivity index (χ1n) is 10.9. The first kappa shape index (κ1) is 29.1. The highest BCUT2D eigenvalue weighted by atomic mass is 32.3. The summed E-state index contributed by atoms with van der Waals surface area (Å²) in [4.78, 5) is 11.7. The Balaban J connectivity index is 2.15. The summed E-state index contributed by atoms with van der Waals surface area (Å²) < 4.78 is 70.0. The van der Waals surface area contributed by atoms with Gasteiger partial charge in [0.15, 0.2) is 6.61 Å². The SMILES string of the molecule is CCCN(C[C@@H](CC)Sc1ccc(OCC(=O)O)c(C)c1)S(O)(O)c1ccc(OC(F)(F)F)cc1. The molecule has 0 heterocycles. The number of carboxylic acids is 1. The van der Waals surface area contributed by atoms with E-state index >= 15 is 0 Å². The molecule has 3 N–H and O–H groups in total. The van der Waals surface area contributed by atoms with Gasteiger partial charge in [0.2, 0.25) is 0 Å². The second-order valence-electron chi connectivity index (χ2n) is 7.68. The number of ether oxygens (including phenoxy) is 2. The molecular weight excluding hydrogens is 507 g/mol. The molecule has 0 amide bonds. The van der Waals surface area contributed by atoms with Crippen LogP contribution in [0.25, 0.3) is 0 Å². The van der Waals surface area contributed by atoms with Crippen molar-refractivity contribution in [3.8, 4) is 11.5 Å². The Morgan fingerprint density at radius 1 is 1.14 bits per heavy atom. The van der Waals surface area contributed by atoms with Gasteiger partial charge in [0.05, 0.1) is 4.90 Å². The lowest BCUT2D eigenvalue weighted by atomic mass is 10.2. The monoisotopic (exact) mass is 537 g/mol. The minimum Gasteiger partial charge on any atom is -0.482 e. The molecule has 0 saturated carbocycles. The summed E-state index contributed by atoms with van der Waals surface area (Å²) in [6, 6.07) is 9.98. The van der Waals surface area contributed by atoms with E-state index in [4.69, 9.17) is 9.84 Å². The maximum atomic E-state index is 12.4. The standard InChI is InChI=1S/C23H30F3NO6S2/c1-4-12-27(35(30,31)20-9-6-17(7-10-20)33-23(24,25)26)14-18(5-2)34-19-8-11-21(16(3)13-19)32-15-22(28)29/h6-11,13,18,30-31H,4-5,12,14-15H2,1-3H3,(H,28,29)/t18-/m1/s1. The molecule has 7 nitrogen and oxygen atoms in total. The predicted octanol–water partition coefficient (Wildman–Crippen LogP) is 6.66. The average molecular weight is 538 g/mol. The molecule has 35 heavy (non-hydrogen) atoms. The number of carbonyl (C=O) groups is 1. The van der Waals surface area contributed by atoms with Gasteiger partial charge in [-0.1, -0.05) is 13.8 Å². The van der Waals surface area contributed by atoms with Crippen molar-refractivity contribution in [3.05, 3.63) is 48.0 Å². The summed E-state index contributed by atoms with van der Waals surface area (Å²) in [5, 5.41) is 8.76. The Labute approximate surface area is 208 Å². The molecular formula is C23H30F3NO6S2. The van der Waals surface area contributed by atoms with Crippen molar-refractivity contribution in [2.24, 2.45) is 0 Å². The van der Waals surface area contributed by atoms with Crippen molar-refractivity contribution in [3.63, 3.8) is 0 Å². The van der Waals surface area contributed by atoms with Gasteiger partial charge in [-0.25, -0.2) is 9.10 Å². The maximum absolute atomic E-state index is 12.4. The number of aliphatic carboxylic acids is 1. The lowest BCUT2D eigenvalue weighted by molar-refractivity contribution is -0.274. The van der Waals surface area contributed by atoms with Gasteiger partial charge in [-0.15, -0.1) is 35.7 Å². The van der Waals surface area contributed by atoms with E-state index < -0.39 is 35.5 Å². The normalized spacial score (nSPS) is 13.5. The number of thioether (sulfide) groups is 1. The van der Waals surface area contributed by atoms with E-state index in [1.54, 1.807) is 22.1 Å². The summed E-state index contributed by atoms with van der Waals surface area (Å²) in [7, 11) is -3.44. The van der Waals surface area contributed by atoms with E-state index in [-0.39, 0.29) is 10.1 Å². The van der Waals surface area contributed by atoms with Gasteiger partial charge in [-0.05, 0) is 67.8 Å². The summed E-state index contributed by atoms with van der Waals surface area (Å²) in [6.45, 7) is 5.96. The van der Waals surface area contributed by atoms with Crippen LogP contribution in [0.5, 0.6) is 11.5 Å². The fourth-order valence-electron chi connectivity index (χ4n) is 3.21. The van der Waals surface area contributed by atoms with Crippen molar-refractivity contribution in [2.45, 2.75) is 55.0 Å².